The summed E-state index contributed by atoms with van der Waals surface area (Å²) in [6.45, 7) is 2.14. The number of carbonyl (C=O) groups excluding carboxylic acids is 1. The lowest BCUT2D eigenvalue weighted by atomic mass is 10.1. The summed E-state index contributed by atoms with van der Waals surface area (Å²) >= 11 is 19.5. The SMILES string of the molecule is Cc1ccc(N2C(=N)S/C(=C\c3ccccc3OCc3ccc(Cl)cc3Cl)C2=O)cc1Cl. The van der Waals surface area contributed by atoms with Crippen LogP contribution in [0.5, 0.6) is 5.75 Å². The molecule has 8 heteroatoms. The highest BCUT2D eigenvalue weighted by Crippen LogP contribution is 2.37. The van der Waals surface area contributed by atoms with Crippen molar-refractivity contribution in [3.8, 4) is 5.75 Å². The first-order chi connectivity index (χ1) is 15.3. The van der Waals surface area contributed by atoms with E-state index in [1.807, 2.05) is 43.3 Å². The number of aryl methyl sites for hydroxylation is 1. The number of para-hydroxylation sites is 1. The van der Waals surface area contributed by atoms with Crippen LogP contribution in [0.15, 0.2) is 65.6 Å². The number of anilines is 1. The van der Waals surface area contributed by atoms with Crippen molar-refractivity contribution in [2.75, 3.05) is 4.90 Å². The Morgan fingerprint density at radius 3 is 2.56 bits per heavy atom. The van der Waals surface area contributed by atoms with Crippen molar-refractivity contribution in [2.45, 2.75) is 13.5 Å². The minimum atomic E-state index is -0.282. The van der Waals surface area contributed by atoms with Gasteiger partial charge in [-0.2, -0.15) is 0 Å². The van der Waals surface area contributed by atoms with Crippen LogP contribution in [-0.2, 0) is 11.4 Å². The quantitative estimate of drug-likeness (QED) is 0.365. The van der Waals surface area contributed by atoms with E-state index in [1.54, 1.807) is 30.3 Å². The fourth-order valence-electron chi connectivity index (χ4n) is 3.11. The zero-order chi connectivity index (χ0) is 22.8. The average molecular weight is 504 g/mol. The van der Waals surface area contributed by atoms with E-state index < -0.39 is 0 Å². The van der Waals surface area contributed by atoms with Crippen LogP contribution >= 0.6 is 46.6 Å². The van der Waals surface area contributed by atoms with Gasteiger partial charge in [0.1, 0.15) is 12.4 Å². The molecule has 32 heavy (non-hydrogen) atoms. The number of rotatable bonds is 5. The molecular weight excluding hydrogens is 487 g/mol. The zero-order valence-corrected chi connectivity index (χ0v) is 19.9. The number of thioether (sulfide) groups is 1. The van der Waals surface area contributed by atoms with Crippen LogP contribution in [0.4, 0.5) is 5.69 Å². The number of hydrogen-bond acceptors (Lipinski definition) is 4. The molecule has 162 valence electrons. The molecule has 1 amide bonds. The van der Waals surface area contributed by atoms with Gasteiger partial charge in [0.2, 0.25) is 0 Å². The van der Waals surface area contributed by atoms with E-state index in [4.69, 9.17) is 44.9 Å². The van der Waals surface area contributed by atoms with Crippen LogP contribution in [-0.4, -0.2) is 11.1 Å². The van der Waals surface area contributed by atoms with Gasteiger partial charge in [-0.15, -0.1) is 0 Å². The summed E-state index contributed by atoms with van der Waals surface area (Å²) in [4.78, 5) is 14.8. The molecule has 3 aromatic carbocycles. The van der Waals surface area contributed by atoms with Crippen molar-refractivity contribution in [1.29, 1.82) is 5.41 Å². The second kappa shape index (κ2) is 9.59. The van der Waals surface area contributed by atoms with Gasteiger partial charge in [0.25, 0.3) is 5.91 Å². The van der Waals surface area contributed by atoms with Crippen LogP contribution in [0.2, 0.25) is 15.1 Å². The Balaban J connectivity index is 1.58. The summed E-state index contributed by atoms with van der Waals surface area (Å²) in [6.07, 6.45) is 1.73. The van der Waals surface area contributed by atoms with Crippen molar-refractivity contribution >= 4 is 69.4 Å². The van der Waals surface area contributed by atoms with Crippen molar-refractivity contribution in [3.05, 3.63) is 97.3 Å². The maximum atomic E-state index is 13.1. The predicted molar refractivity (Wildman–Crippen MR) is 134 cm³/mol. The Kier molecular flexibility index (Phi) is 6.82. The first-order valence-corrected chi connectivity index (χ1v) is 11.5. The maximum absolute atomic E-state index is 13.1. The molecule has 0 saturated carbocycles. The third-order valence-electron chi connectivity index (χ3n) is 4.84. The fraction of sp³-hybridized carbons (Fsp3) is 0.0833. The van der Waals surface area contributed by atoms with Gasteiger partial charge in [-0.05, 0) is 60.7 Å². The first kappa shape index (κ1) is 22.7. The molecule has 1 heterocycles. The molecule has 4 nitrogen and oxygen atoms in total. The Hall–Kier alpha value is -2.44. The number of carbonyl (C=O) groups is 1. The number of hydrogen-bond donors (Lipinski definition) is 1. The van der Waals surface area contributed by atoms with Crippen molar-refractivity contribution < 1.29 is 9.53 Å². The molecule has 4 rings (SSSR count). The number of nitrogens with zero attached hydrogens (tertiary/aromatic N) is 1. The summed E-state index contributed by atoms with van der Waals surface area (Å²) in [5.41, 5.74) is 3.00. The average Bonchev–Trinajstić information content (AvgIpc) is 3.03. The molecule has 0 atom stereocenters. The molecule has 0 aromatic heterocycles. The Morgan fingerprint density at radius 2 is 1.81 bits per heavy atom. The number of nitrogens with one attached hydrogen (secondary N) is 1. The van der Waals surface area contributed by atoms with Crippen LogP contribution in [0, 0.1) is 12.3 Å². The Bertz CT molecular complexity index is 1260. The predicted octanol–water partition coefficient (Wildman–Crippen LogP) is 7.59. The first-order valence-electron chi connectivity index (χ1n) is 9.58. The lowest BCUT2D eigenvalue weighted by Crippen LogP contribution is -2.28. The summed E-state index contributed by atoms with van der Waals surface area (Å²) in [5, 5.41) is 10.1. The number of amidine groups is 1. The van der Waals surface area contributed by atoms with E-state index in [0.29, 0.717) is 31.4 Å². The van der Waals surface area contributed by atoms with Crippen LogP contribution in [0.25, 0.3) is 6.08 Å². The van der Waals surface area contributed by atoms with Gasteiger partial charge in [0, 0.05) is 26.2 Å². The summed E-state index contributed by atoms with van der Waals surface area (Å²) in [5.74, 6) is 0.318. The largest absolute Gasteiger partial charge is 0.488 e. The third-order valence-corrected chi connectivity index (χ3v) is 6.72. The van der Waals surface area contributed by atoms with E-state index >= 15 is 0 Å². The van der Waals surface area contributed by atoms with Gasteiger partial charge in [-0.3, -0.25) is 15.1 Å². The summed E-state index contributed by atoms with van der Waals surface area (Å²) < 4.78 is 5.98. The lowest BCUT2D eigenvalue weighted by Gasteiger charge is -2.15. The maximum Gasteiger partial charge on any atom is 0.271 e. The molecule has 1 saturated heterocycles. The number of halogens is 3. The molecule has 0 spiro atoms. The van der Waals surface area contributed by atoms with Crippen molar-refractivity contribution in [1.82, 2.24) is 0 Å². The Morgan fingerprint density at radius 1 is 1.03 bits per heavy atom. The lowest BCUT2D eigenvalue weighted by molar-refractivity contribution is -0.113. The van der Waals surface area contributed by atoms with E-state index in [0.717, 1.165) is 28.5 Å². The van der Waals surface area contributed by atoms with Gasteiger partial charge in [-0.25, -0.2) is 0 Å². The van der Waals surface area contributed by atoms with Gasteiger partial charge in [0.15, 0.2) is 5.17 Å². The molecular formula is C24H17Cl3N2O2S. The molecule has 0 aliphatic carbocycles. The highest BCUT2D eigenvalue weighted by Gasteiger charge is 2.34. The van der Waals surface area contributed by atoms with Gasteiger partial charge in [-0.1, -0.05) is 65.1 Å². The molecule has 1 fully saturated rings. The van der Waals surface area contributed by atoms with Crippen LogP contribution < -0.4 is 9.64 Å². The van der Waals surface area contributed by atoms with Gasteiger partial charge >= 0.3 is 0 Å². The standard InChI is InChI=1S/C24H17Cl3N2O2S/c1-14-6-9-18(12-19(14)26)29-23(30)22(32-24(29)28)10-15-4-2-3-5-21(15)31-13-16-7-8-17(25)11-20(16)27/h2-12,28H,13H2,1H3/b22-10-,28-24?. The molecule has 0 unspecified atom stereocenters. The second-order valence-corrected chi connectivity index (χ2v) is 9.33. The number of benzene rings is 3. The molecule has 0 bridgehead atoms. The van der Waals surface area contributed by atoms with Crippen LogP contribution in [0.3, 0.4) is 0 Å². The monoisotopic (exact) mass is 502 g/mol. The smallest absolute Gasteiger partial charge is 0.271 e. The van der Waals surface area contributed by atoms with Crippen LogP contribution in [0.1, 0.15) is 16.7 Å². The number of amides is 1. The molecule has 3 aromatic rings. The van der Waals surface area contributed by atoms with E-state index in [2.05, 4.69) is 0 Å². The van der Waals surface area contributed by atoms with E-state index in [9.17, 15) is 4.79 Å². The Labute approximate surface area is 205 Å². The van der Waals surface area contributed by atoms with E-state index in [1.165, 1.54) is 4.90 Å². The zero-order valence-electron chi connectivity index (χ0n) is 16.9. The molecule has 0 radical (unpaired) electrons. The minimum absolute atomic E-state index is 0.118. The second-order valence-electron chi connectivity index (χ2n) is 7.05. The van der Waals surface area contributed by atoms with Gasteiger partial charge < -0.3 is 4.74 Å². The summed E-state index contributed by atoms with van der Waals surface area (Å²) in [6, 6.07) is 17.9. The van der Waals surface area contributed by atoms with E-state index in [-0.39, 0.29) is 17.7 Å². The van der Waals surface area contributed by atoms with Crippen molar-refractivity contribution in [2.24, 2.45) is 0 Å². The normalized spacial score (nSPS) is 15.0. The minimum Gasteiger partial charge on any atom is -0.488 e. The van der Waals surface area contributed by atoms with Gasteiger partial charge in [0.05, 0.1) is 10.6 Å². The highest BCUT2D eigenvalue weighted by atomic mass is 35.5. The molecule has 1 aliphatic heterocycles. The van der Waals surface area contributed by atoms with Crippen molar-refractivity contribution in [3.63, 3.8) is 0 Å². The number of ether oxygens (including phenoxy) is 1. The highest BCUT2D eigenvalue weighted by molar-refractivity contribution is 8.19. The fourth-order valence-corrected chi connectivity index (χ4v) is 4.60. The third kappa shape index (κ3) is 4.81. The molecule has 1 N–H and O–H groups in total. The molecule has 1 aliphatic rings. The topological polar surface area (TPSA) is 53.4 Å². The summed E-state index contributed by atoms with van der Waals surface area (Å²) in [7, 11) is 0.